The molecule has 4 atom stereocenters. The second-order valence-corrected chi connectivity index (χ2v) is 12.9. The van der Waals surface area contributed by atoms with E-state index in [2.05, 4.69) is 20.8 Å². The van der Waals surface area contributed by atoms with Gasteiger partial charge < -0.3 is 25.4 Å². The van der Waals surface area contributed by atoms with Gasteiger partial charge in [-0.15, -0.1) is 6.42 Å². The number of nitrogens with two attached hydrogens (primary N) is 1. The molecule has 0 aromatic heterocycles. The summed E-state index contributed by atoms with van der Waals surface area (Å²) in [6.45, 7) is 0.467. The molecule has 46 heavy (non-hydrogen) atoms. The number of fused-ring (bicyclic) bond motifs is 3. The van der Waals surface area contributed by atoms with Gasteiger partial charge in [-0.25, -0.2) is 22.0 Å². The fraction of sp³-hybridized carbons (Fsp3) is 0.455. The summed E-state index contributed by atoms with van der Waals surface area (Å²) in [4.78, 5) is 13.8. The molecule has 0 bridgehead atoms. The fourth-order valence-electron chi connectivity index (χ4n) is 7.72. The Kier molecular flexibility index (Phi) is 7.28. The molecule has 2 aromatic rings. The van der Waals surface area contributed by atoms with Crippen LogP contribution < -0.4 is 5.73 Å². The van der Waals surface area contributed by atoms with Crippen molar-refractivity contribution >= 4 is 28.7 Å². The zero-order valence-corrected chi connectivity index (χ0v) is 25.1. The second kappa shape index (κ2) is 11.0. The number of ether oxygens (including phenoxy) is 1. The molecule has 5 aliphatic heterocycles. The number of likely N-dealkylation sites (tertiary alicyclic amines) is 1. The number of likely N-dealkylation sites (N-methyl/N-ethyl adjacent to an activating group) is 1. The smallest absolute Gasteiger partial charge is 0.294 e. The average molecular weight is 641 g/mol. The second-order valence-electron chi connectivity index (χ2n) is 12.9. The molecule has 0 aliphatic carbocycles. The normalized spacial score (nSPS) is 29.3. The third-order valence-electron chi connectivity index (χ3n) is 9.66. The highest BCUT2D eigenvalue weighted by molar-refractivity contribution is 6.03. The lowest BCUT2D eigenvalue weighted by atomic mass is 9.92. The van der Waals surface area contributed by atoms with Crippen molar-refractivity contribution < 1.29 is 31.8 Å². The monoisotopic (exact) mass is 640 g/mol. The molecule has 3 saturated heterocycles. The van der Waals surface area contributed by atoms with E-state index in [4.69, 9.17) is 16.9 Å². The van der Waals surface area contributed by atoms with Gasteiger partial charge in [-0.3, -0.25) is 9.89 Å². The SMILES string of the molecule is C#Cc1c(F)ccc2cc(O)cc(C3=C(F)C4C(=C(N5C[C@H](N)CC(F)(F)C5)N=C(OC[C@@]56CCCN5C[C@H](F)C6)N4C)C=N3)c12. The number of halogens is 5. The average Bonchev–Trinajstić information content (AvgIpc) is 3.51. The van der Waals surface area contributed by atoms with Crippen molar-refractivity contribution in [2.24, 2.45) is 15.7 Å². The zero-order valence-electron chi connectivity index (χ0n) is 25.1. The number of phenolic OH excluding ortho intramolecular Hbond substituents is 1. The van der Waals surface area contributed by atoms with Crippen LogP contribution in [0, 0.1) is 18.2 Å². The molecular formula is C33H33F5N6O2. The van der Waals surface area contributed by atoms with Crippen LogP contribution in [0.25, 0.3) is 16.5 Å². The van der Waals surface area contributed by atoms with Crippen molar-refractivity contribution in [2.75, 3.05) is 39.8 Å². The number of hydrogen-bond donors (Lipinski definition) is 2. The highest BCUT2D eigenvalue weighted by Crippen LogP contribution is 2.43. The summed E-state index contributed by atoms with van der Waals surface area (Å²) in [5.41, 5.74) is 5.38. The van der Waals surface area contributed by atoms with Crippen LogP contribution >= 0.6 is 0 Å². The quantitative estimate of drug-likeness (QED) is 0.377. The number of phenols is 1. The van der Waals surface area contributed by atoms with Gasteiger partial charge in [-0.1, -0.05) is 12.0 Å². The molecule has 8 nitrogen and oxygen atoms in total. The molecule has 5 aliphatic rings. The zero-order chi connectivity index (χ0) is 32.5. The first-order valence-corrected chi connectivity index (χ1v) is 15.2. The van der Waals surface area contributed by atoms with E-state index >= 15 is 4.39 Å². The summed E-state index contributed by atoms with van der Waals surface area (Å²) in [6.07, 6.45) is 7.37. The third-order valence-corrected chi connectivity index (χ3v) is 9.66. The van der Waals surface area contributed by atoms with Gasteiger partial charge in [0.05, 0.1) is 17.6 Å². The summed E-state index contributed by atoms with van der Waals surface area (Å²) >= 11 is 0. The lowest BCUT2D eigenvalue weighted by Crippen LogP contribution is -2.54. The number of amidine groups is 1. The van der Waals surface area contributed by atoms with Crippen molar-refractivity contribution in [1.82, 2.24) is 14.7 Å². The number of piperidine rings is 1. The standard InChI is InChI=1S/C33H33F5N6O2/c1-3-22-25(35)6-5-18-9-21(45)10-23(26(18)22)28-27(36)29-24(13-40-28)30(43-15-20(39)12-33(37,38)16-43)41-31(42(29)2)46-17-32-7-4-8-44(32)14-19(34)11-32/h1,5-6,9-10,13,19-20,29,45H,4,7-8,11-12,14-17,39H2,2H3/t19-,20-,29?,32+/m1/s1. The molecule has 7 rings (SSSR count). The minimum Gasteiger partial charge on any atom is -0.508 e. The Morgan fingerprint density at radius 1 is 1.20 bits per heavy atom. The Balaban J connectivity index is 1.34. The highest BCUT2D eigenvalue weighted by Gasteiger charge is 2.50. The van der Waals surface area contributed by atoms with Crippen LogP contribution in [0.2, 0.25) is 0 Å². The number of aliphatic imine (C=N–C) groups is 2. The van der Waals surface area contributed by atoms with Crippen LogP contribution in [0.15, 0.2) is 51.5 Å². The molecule has 1 unspecified atom stereocenters. The number of rotatable bonds is 4. The molecule has 3 N–H and O–H groups in total. The number of benzene rings is 2. The Morgan fingerprint density at radius 3 is 2.76 bits per heavy atom. The fourth-order valence-corrected chi connectivity index (χ4v) is 7.72. The number of aromatic hydroxyl groups is 1. The Bertz CT molecular complexity index is 1780. The topological polar surface area (TPSA) is 89.9 Å². The van der Waals surface area contributed by atoms with Crippen LogP contribution in [-0.2, 0) is 4.74 Å². The maximum absolute atomic E-state index is 17.0. The molecule has 0 spiro atoms. The third kappa shape index (κ3) is 4.98. The van der Waals surface area contributed by atoms with Crippen LogP contribution in [0.5, 0.6) is 5.75 Å². The Morgan fingerprint density at radius 2 is 2.00 bits per heavy atom. The largest absolute Gasteiger partial charge is 0.508 e. The molecule has 0 saturated carbocycles. The van der Waals surface area contributed by atoms with Gasteiger partial charge in [0.15, 0.2) is 5.83 Å². The summed E-state index contributed by atoms with van der Waals surface area (Å²) in [5.74, 6) is -2.49. The van der Waals surface area contributed by atoms with Gasteiger partial charge in [-0.05, 0) is 43.0 Å². The van der Waals surface area contributed by atoms with E-state index in [0.29, 0.717) is 11.9 Å². The maximum atomic E-state index is 17.0. The van der Waals surface area contributed by atoms with Crippen LogP contribution in [0.4, 0.5) is 22.0 Å². The number of hydrogen-bond acceptors (Lipinski definition) is 8. The molecule has 0 radical (unpaired) electrons. The molecule has 242 valence electrons. The Hall–Kier alpha value is -4.15. The van der Waals surface area contributed by atoms with Gasteiger partial charge >= 0.3 is 0 Å². The molecule has 3 fully saturated rings. The lowest BCUT2D eigenvalue weighted by molar-refractivity contribution is -0.0624. The van der Waals surface area contributed by atoms with E-state index in [9.17, 15) is 22.7 Å². The van der Waals surface area contributed by atoms with Crippen LogP contribution in [0.1, 0.15) is 36.8 Å². The minimum absolute atomic E-state index is 0.0318. The summed E-state index contributed by atoms with van der Waals surface area (Å²) in [7, 11) is 1.55. The number of terminal acetylenes is 1. The first-order chi connectivity index (χ1) is 21.9. The molecule has 0 amide bonds. The highest BCUT2D eigenvalue weighted by atomic mass is 19.3. The van der Waals surface area contributed by atoms with Crippen molar-refractivity contribution in [3.63, 3.8) is 0 Å². The summed E-state index contributed by atoms with van der Waals surface area (Å²) in [6, 6.07) is 3.09. The van der Waals surface area contributed by atoms with E-state index < -0.39 is 54.3 Å². The van der Waals surface area contributed by atoms with E-state index in [1.165, 1.54) is 34.2 Å². The number of alkyl halides is 3. The van der Waals surface area contributed by atoms with E-state index in [0.717, 1.165) is 25.5 Å². The van der Waals surface area contributed by atoms with Crippen LogP contribution in [-0.4, -0.2) is 102 Å². The first kappa shape index (κ1) is 30.5. The summed E-state index contributed by atoms with van der Waals surface area (Å²) < 4.78 is 82.1. The van der Waals surface area contributed by atoms with Gasteiger partial charge in [0.25, 0.3) is 11.9 Å². The van der Waals surface area contributed by atoms with Gasteiger partial charge in [0, 0.05) is 61.8 Å². The van der Waals surface area contributed by atoms with Gasteiger partial charge in [0.2, 0.25) is 0 Å². The molecule has 2 aromatic carbocycles. The van der Waals surface area contributed by atoms with E-state index in [-0.39, 0.29) is 64.9 Å². The van der Waals surface area contributed by atoms with Crippen molar-refractivity contribution in [3.05, 3.63) is 58.4 Å². The summed E-state index contributed by atoms with van der Waals surface area (Å²) in [5, 5.41) is 11.1. The Labute approximate surface area is 262 Å². The van der Waals surface area contributed by atoms with Gasteiger partial charge in [-0.2, -0.15) is 4.99 Å². The predicted molar refractivity (Wildman–Crippen MR) is 164 cm³/mol. The molecule has 13 heteroatoms. The van der Waals surface area contributed by atoms with Crippen LogP contribution in [0.3, 0.4) is 0 Å². The minimum atomic E-state index is -3.12. The van der Waals surface area contributed by atoms with Crippen molar-refractivity contribution in [2.45, 2.75) is 55.4 Å². The van der Waals surface area contributed by atoms with E-state index in [1.807, 2.05) is 0 Å². The predicted octanol–water partition coefficient (Wildman–Crippen LogP) is 4.53. The van der Waals surface area contributed by atoms with Crippen molar-refractivity contribution in [1.29, 1.82) is 0 Å². The van der Waals surface area contributed by atoms with Gasteiger partial charge in [0.1, 0.15) is 41.9 Å². The lowest BCUT2D eigenvalue weighted by Gasteiger charge is -2.43. The number of nitrogens with zero attached hydrogens (tertiary/aromatic N) is 5. The van der Waals surface area contributed by atoms with Crippen molar-refractivity contribution in [3.8, 4) is 18.1 Å². The van der Waals surface area contributed by atoms with E-state index in [1.54, 1.807) is 7.05 Å². The molecular weight excluding hydrogens is 607 g/mol. The molecule has 5 heterocycles. The maximum Gasteiger partial charge on any atom is 0.294 e. The first-order valence-electron chi connectivity index (χ1n) is 15.2.